The molecule has 0 aromatic heterocycles. The zero-order chi connectivity index (χ0) is 21.5. The summed E-state index contributed by atoms with van der Waals surface area (Å²) >= 11 is 0. The number of anilines is 2. The third-order valence-corrected chi connectivity index (χ3v) is 4.69. The quantitative estimate of drug-likeness (QED) is 0.534. The number of ether oxygens (including phenoxy) is 1. The summed E-state index contributed by atoms with van der Waals surface area (Å²) in [6, 6.07) is 21.5. The molecule has 5 heteroatoms. The van der Waals surface area contributed by atoms with Crippen molar-refractivity contribution in [3.8, 4) is 5.75 Å². The van der Waals surface area contributed by atoms with Gasteiger partial charge in [0, 0.05) is 22.5 Å². The number of aryl methyl sites for hydroxylation is 1. The smallest absolute Gasteiger partial charge is 0.255 e. The molecule has 3 aromatic rings. The van der Waals surface area contributed by atoms with E-state index in [1.54, 1.807) is 48.5 Å². The number of hydrogen-bond acceptors (Lipinski definition) is 3. The molecule has 0 saturated heterocycles. The van der Waals surface area contributed by atoms with Crippen LogP contribution in [0.4, 0.5) is 11.4 Å². The predicted octanol–water partition coefficient (Wildman–Crippen LogP) is 5.68. The maximum atomic E-state index is 12.6. The lowest BCUT2D eigenvalue weighted by Gasteiger charge is -2.13. The van der Waals surface area contributed by atoms with Crippen LogP contribution in [0.5, 0.6) is 5.75 Å². The first-order chi connectivity index (χ1) is 14.4. The van der Waals surface area contributed by atoms with E-state index in [9.17, 15) is 9.59 Å². The van der Waals surface area contributed by atoms with Gasteiger partial charge in [0.15, 0.2) is 0 Å². The maximum absolute atomic E-state index is 12.6. The molecule has 2 N–H and O–H groups in total. The highest BCUT2D eigenvalue weighted by molar-refractivity contribution is 6.06. The van der Waals surface area contributed by atoms with Crippen LogP contribution < -0.4 is 15.4 Å². The van der Waals surface area contributed by atoms with Crippen LogP contribution in [0.2, 0.25) is 0 Å². The van der Waals surface area contributed by atoms with Gasteiger partial charge in [0.05, 0.1) is 6.10 Å². The topological polar surface area (TPSA) is 67.4 Å². The summed E-state index contributed by atoms with van der Waals surface area (Å²) in [7, 11) is 0. The zero-order valence-corrected chi connectivity index (χ0v) is 17.4. The van der Waals surface area contributed by atoms with Gasteiger partial charge in [0.1, 0.15) is 5.75 Å². The van der Waals surface area contributed by atoms with Crippen LogP contribution in [-0.2, 0) is 0 Å². The van der Waals surface area contributed by atoms with Crippen LogP contribution in [0.25, 0.3) is 0 Å². The normalized spacial score (nSPS) is 11.4. The van der Waals surface area contributed by atoms with Crippen molar-refractivity contribution in [2.75, 3.05) is 10.6 Å². The van der Waals surface area contributed by atoms with E-state index in [4.69, 9.17) is 4.74 Å². The molecule has 1 atom stereocenters. The number of rotatable bonds is 7. The molecule has 5 nitrogen and oxygen atoms in total. The standard InChI is InChI=1S/C25H26N2O3/c1-4-18(3)30-23-10-6-9-20(16-23)25(29)27-22-13-11-21(12-14-22)26-24(28)19-8-5-7-17(2)15-19/h5-16,18H,4H2,1-3H3,(H,26,28)(H,27,29). The Morgan fingerprint density at radius 1 is 0.833 bits per heavy atom. The first kappa shape index (κ1) is 21.1. The van der Waals surface area contributed by atoms with E-state index >= 15 is 0 Å². The Hall–Kier alpha value is -3.60. The van der Waals surface area contributed by atoms with E-state index in [1.807, 2.05) is 45.0 Å². The van der Waals surface area contributed by atoms with Crippen molar-refractivity contribution >= 4 is 23.2 Å². The molecule has 30 heavy (non-hydrogen) atoms. The molecule has 0 fully saturated rings. The van der Waals surface area contributed by atoms with Crippen molar-refractivity contribution < 1.29 is 14.3 Å². The summed E-state index contributed by atoms with van der Waals surface area (Å²) in [6.07, 6.45) is 0.981. The lowest BCUT2D eigenvalue weighted by molar-refractivity contribution is 0.101. The molecule has 1 unspecified atom stereocenters. The van der Waals surface area contributed by atoms with Gasteiger partial charge < -0.3 is 15.4 Å². The van der Waals surface area contributed by atoms with E-state index in [0.717, 1.165) is 12.0 Å². The number of benzene rings is 3. The van der Waals surface area contributed by atoms with Gasteiger partial charge in [-0.25, -0.2) is 0 Å². The fourth-order valence-electron chi connectivity index (χ4n) is 2.86. The Balaban J connectivity index is 1.62. The largest absolute Gasteiger partial charge is 0.491 e. The molecule has 0 heterocycles. The molecular formula is C25H26N2O3. The monoisotopic (exact) mass is 402 g/mol. The minimum absolute atomic E-state index is 0.0888. The average molecular weight is 402 g/mol. The van der Waals surface area contributed by atoms with Crippen molar-refractivity contribution in [2.24, 2.45) is 0 Å². The third-order valence-electron chi connectivity index (χ3n) is 4.69. The van der Waals surface area contributed by atoms with Crippen LogP contribution in [0.15, 0.2) is 72.8 Å². The number of carbonyl (C=O) groups is 2. The summed E-state index contributed by atoms with van der Waals surface area (Å²) in [5.74, 6) is 0.279. The van der Waals surface area contributed by atoms with Crippen molar-refractivity contribution in [1.29, 1.82) is 0 Å². The van der Waals surface area contributed by atoms with Crippen LogP contribution in [0, 0.1) is 6.92 Å². The van der Waals surface area contributed by atoms with Gasteiger partial charge in [0.25, 0.3) is 11.8 Å². The molecule has 0 saturated carbocycles. The van der Waals surface area contributed by atoms with Crippen molar-refractivity contribution in [1.82, 2.24) is 0 Å². The van der Waals surface area contributed by atoms with Crippen LogP contribution >= 0.6 is 0 Å². The summed E-state index contributed by atoms with van der Waals surface area (Å²) in [4.78, 5) is 24.9. The van der Waals surface area contributed by atoms with E-state index < -0.39 is 0 Å². The first-order valence-electron chi connectivity index (χ1n) is 10.0. The highest BCUT2D eigenvalue weighted by atomic mass is 16.5. The highest BCUT2D eigenvalue weighted by Crippen LogP contribution is 2.19. The van der Waals surface area contributed by atoms with Gasteiger partial charge in [-0.3, -0.25) is 9.59 Å². The van der Waals surface area contributed by atoms with E-state index in [1.165, 1.54) is 0 Å². The fourth-order valence-corrected chi connectivity index (χ4v) is 2.86. The van der Waals surface area contributed by atoms with Gasteiger partial charge in [0.2, 0.25) is 0 Å². The van der Waals surface area contributed by atoms with Crippen molar-refractivity contribution in [3.05, 3.63) is 89.5 Å². The number of carbonyl (C=O) groups excluding carboxylic acids is 2. The molecule has 0 spiro atoms. The Bertz CT molecular complexity index is 1030. The summed E-state index contributed by atoms with van der Waals surface area (Å²) in [6.45, 7) is 5.99. The molecule has 3 rings (SSSR count). The van der Waals surface area contributed by atoms with Crippen LogP contribution in [-0.4, -0.2) is 17.9 Å². The summed E-state index contributed by atoms with van der Waals surface area (Å²) in [5, 5.41) is 5.73. The third kappa shape index (κ3) is 5.70. The van der Waals surface area contributed by atoms with Crippen molar-refractivity contribution in [3.63, 3.8) is 0 Å². The molecule has 0 aliphatic rings. The van der Waals surface area contributed by atoms with Crippen LogP contribution in [0.1, 0.15) is 46.5 Å². The molecule has 3 aromatic carbocycles. The average Bonchev–Trinajstić information content (AvgIpc) is 2.75. The zero-order valence-electron chi connectivity index (χ0n) is 17.4. The van der Waals surface area contributed by atoms with E-state index in [2.05, 4.69) is 10.6 Å². The predicted molar refractivity (Wildman–Crippen MR) is 120 cm³/mol. The van der Waals surface area contributed by atoms with E-state index in [0.29, 0.717) is 28.3 Å². The Labute approximate surface area is 177 Å². The molecule has 0 radical (unpaired) electrons. The van der Waals surface area contributed by atoms with Gasteiger partial charge in [-0.15, -0.1) is 0 Å². The molecule has 2 amide bonds. The first-order valence-corrected chi connectivity index (χ1v) is 10.0. The van der Waals surface area contributed by atoms with Gasteiger partial charge >= 0.3 is 0 Å². The molecule has 0 aliphatic carbocycles. The second-order valence-corrected chi connectivity index (χ2v) is 7.22. The Morgan fingerprint density at radius 2 is 1.37 bits per heavy atom. The minimum Gasteiger partial charge on any atom is -0.491 e. The lowest BCUT2D eigenvalue weighted by Crippen LogP contribution is -2.14. The van der Waals surface area contributed by atoms with Crippen molar-refractivity contribution in [2.45, 2.75) is 33.3 Å². The van der Waals surface area contributed by atoms with Gasteiger partial charge in [-0.2, -0.15) is 0 Å². The molecular weight excluding hydrogens is 376 g/mol. The van der Waals surface area contributed by atoms with E-state index in [-0.39, 0.29) is 17.9 Å². The second kappa shape index (κ2) is 9.74. The molecule has 0 bridgehead atoms. The SMILES string of the molecule is CCC(C)Oc1cccc(C(=O)Nc2ccc(NC(=O)c3cccc(C)c3)cc2)c1. The van der Waals surface area contributed by atoms with Gasteiger partial charge in [-0.05, 0) is 74.9 Å². The second-order valence-electron chi connectivity index (χ2n) is 7.22. The number of hydrogen-bond donors (Lipinski definition) is 2. The fraction of sp³-hybridized carbons (Fsp3) is 0.200. The molecule has 154 valence electrons. The van der Waals surface area contributed by atoms with Crippen LogP contribution in [0.3, 0.4) is 0 Å². The van der Waals surface area contributed by atoms with Gasteiger partial charge in [-0.1, -0.05) is 30.7 Å². The lowest BCUT2D eigenvalue weighted by atomic mass is 10.1. The summed E-state index contributed by atoms with van der Waals surface area (Å²) in [5.41, 5.74) is 3.45. The molecule has 0 aliphatic heterocycles. The number of amides is 2. The summed E-state index contributed by atoms with van der Waals surface area (Å²) < 4.78 is 5.78. The Kier molecular flexibility index (Phi) is 6.86. The minimum atomic E-state index is -0.221. The highest BCUT2D eigenvalue weighted by Gasteiger charge is 2.10. The maximum Gasteiger partial charge on any atom is 0.255 e. The Morgan fingerprint density at radius 3 is 1.90 bits per heavy atom. The number of nitrogens with one attached hydrogen (secondary N) is 2.